The first-order chi connectivity index (χ1) is 11.5. The molecule has 2 aromatic carbocycles. The molecule has 0 radical (unpaired) electrons. The predicted molar refractivity (Wildman–Crippen MR) is 98.1 cm³/mol. The molecule has 1 N–H and O–H groups in total. The Balaban J connectivity index is 1.84. The fourth-order valence-corrected chi connectivity index (χ4v) is 3.73. The minimum atomic E-state index is 0.257. The number of para-hydroxylation sites is 1. The first-order valence-electron chi connectivity index (χ1n) is 7.76. The van der Waals surface area contributed by atoms with Crippen LogP contribution in [0.2, 0.25) is 0 Å². The van der Waals surface area contributed by atoms with E-state index in [1.165, 1.54) is 0 Å². The van der Waals surface area contributed by atoms with Gasteiger partial charge < -0.3 is 5.11 Å². The van der Waals surface area contributed by atoms with Gasteiger partial charge in [-0.2, -0.15) is 5.10 Å². The summed E-state index contributed by atoms with van der Waals surface area (Å²) in [5.74, 6) is 0.257. The van der Waals surface area contributed by atoms with Gasteiger partial charge >= 0.3 is 0 Å². The minimum Gasteiger partial charge on any atom is -0.507 e. The summed E-state index contributed by atoms with van der Waals surface area (Å²) in [4.78, 5) is 4.66. The smallest absolute Gasteiger partial charge is 0.211 e. The van der Waals surface area contributed by atoms with Gasteiger partial charge in [-0.05, 0) is 62.2 Å². The summed E-state index contributed by atoms with van der Waals surface area (Å²) >= 11 is 1.61. The zero-order valence-corrected chi connectivity index (χ0v) is 14.6. The molecule has 0 saturated heterocycles. The van der Waals surface area contributed by atoms with Crippen molar-refractivity contribution in [1.82, 2.24) is 14.8 Å². The van der Waals surface area contributed by atoms with Crippen molar-refractivity contribution in [3.05, 3.63) is 59.3 Å². The number of rotatable bonds is 2. The lowest BCUT2D eigenvalue weighted by Gasteiger charge is -2.06. The molecule has 0 aliphatic heterocycles. The van der Waals surface area contributed by atoms with Crippen LogP contribution in [-0.2, 0) is 0 Å². The number of benzene rings is 2. The Bertz CT molecular complexity index is 1030. The van der Waals surface area contributed by atoms with Crippen LogP contribution in [0.15, 0.2) is 42.5 Å². The first-order valence-corrected chi connectivity index (χ1v) is 8.58. The molecule has 0 aliphatic carbocycles. The highest BCUT2D eigenvalue weighted by Crippen LogP contribution is 2.33. The molecule has 0 fully saturated rings. The Labute approximate surface area is 144 Å². The number of nitrogens with zero attached hydrogens (tertiary/aromatic N) is 3. The van der Waals surface area contributed by atoms with E-state index < -0.39 is 0 Å². The van der Waals surface area contributed by atoms with Crippen molar-refractivity contribution in [1.29, 1.82) is 0 Å². The number of hydrogen-bond donors (Lipinski definition) is 1. The van der Waals surface area contributed by atoms with E-state index in [9.17, 15) is 5.11 Å². The van der Waals surface area contributed by atoms with Crippen LogP contribution >= 0.6 is 11.3 Å². The molecule has 120 valence electrons. The van der Waals surface area contributed by atoms with Crippen molar-refractivity contribution in [3.8, 4) is 22.1 Å². The number of phenolic OH excluding ortho intramolecular Hbond substituents is 1. The van der Waals surface area contributed by atoms with Crippen LogP contribution in [-0.4, -0.2) is 19.9 Å². The molecule has 0 aliphatic rings. The normalized spacial score (nSPS) is 11.3. The van der Waals surface area contributed by atoms with Gasteiger partial charge in [0.05, 0.1) is 15.9 Å². The van der Waals surface area contributed by atoms with Crippen molar-refractivity contribution in [2.75, 3.05) is 0 Å². The van der Waals surface area contributed by atoms with Gasteiger partial charge in [0.15, 0.2) is 0 Å². The van der Waals surface area contributed by atoms with Gasteiger partial charge in [-0.25, -0.2) is 9.67 Å². The van der Waals surface area contributed by atoms with Crippen molar-refractivity contribution >= 4 is 21.6 Å². The molecule has 4 nitrogen and oxygen atoms in total. The zero-order valence-electron chi connectivity index (χ0n) is 13.7. The number of aromatic hydroxyl groups is 1. The minimum absolute atomic E-state index is 0.257. The molecule has 0 unspecified atom stereocenters. The van der Waals surface area contributed by atoms with Crippen LogP contribution in [0.1, 0.15) is 16.8 Å². The third-order valence-corrected chi connectivity index (χ3v) is 5.25. The molecule has 4 rings (SSSR count). The summed E-state index contributed by atoms with van der Waals surface area (Å²) in [5, 5.41) is 15.8. The van der Waals surface area contributed by atoms with Gasteiger partial charge in [0, 0.05) is 11.3 Å². The number of hydrogen-bond acceptors (Lipinski definition) is 4. The van der Waals surface area contributed by atoms with Crippen LogP contribution < -0.4 is 0 Å². The van der Waals surface area contributed by atoms with Gasteiger partial charge in [0.25, 0.3) is 0 Å². The Morgan fingerprint density at radius 2 is 1.75 bits per heavy atom. The highest BCUT2D eigenvalue weighted by molar-refractivity contribution is 7.20. The van der Waals surface area contributed by atoms with E-state index >= 15 is 0 Å². The van der Waals surface area contributed by atoms with Gasteiger partial charge in [-0.15, -0.1) is 0 Å². The number of aryl methyl sites for hydroxylation is 3. The average molecular weight is 335 g/mol. The molecule has 0 spiro atoms. The maximum atomic E-state index is 10.3. The summed E-state index contributed by atoms with van der Waals surface area (Å²) in [5.41, 5.74) is 5.67. The van der Waals surface area contributed by atoms with Crippen LogP contribution in [0.5, 0.6) is 5.75 Å². The standard InChI is InChI=1S/C19H17N3OS/c1-11-8-14(17(23)9-12(11)2)16-10-13(3)22(21-16)19-20-15-6-4-5-7-18(15)24-19/h4-10,23H,1-3H3. The topological polar surface area (TPSA) is 50.9 Å². The molecule has 4 aromatic rings. The van der Waals surface area contributed by atoms with Gasteiger partial charge in [-0.1, -0.05) is 23.5 Å². The van der Waals surface area contributed by atoms with E-state index in [0.29, 0.717) is 0 Å². The molecule has 2 aromatic heterocycles. The number of phenols is 1. The lowest BCUT2D eigenvalue weighted by molar-refractivity contribution is 0.476. The molecular weight excluding hydrogens is 318 g/mol. The molecular formula is C19H17N3OS. The van der Waals surface area contributed by atoms with E-state index in [1.54, 1.807) is 17.4 Å². The third-order valence-electron chi connectivity index (χ3n) is 4.24. The number of fused-ring (bicyclic) bond motifs is 1. The van der Waals surface area contributed by atoms with Gasteiger partial charge in [0.1, 0.15) is 5.75 Å². The molecule has 0 bridgehead atoms. The lowest BCUT2D eigenvalue weighted by Crippen LogP contribution is -1.97. The van der Waals surface area contributed by atoms with Crippen LogP contribution in [0.3, 0.4) is 0 Å². The summed E-state index contributed by atoms with van der Waals surface area (Å²) in [6.07, 6.45) is 0. The van der Waals surface area contributed by atoms with Crippen LogP contribution in [0, 0.1) is 20.8 Å². The van der Waals surface area contributed by atoms with E-state index in [2.05, 4.69) is 16.1 Å². The summed E-state index contributed by atoms with van der Waals surface area (Å²) < 4.78 is 2.98. The second-order valence-electron chi connectivity index (χ2n) is 6.00. The second kappa shape index (κ2) is 5.46. The summed E-state index contributed by atoms with van der Waals surface area (Å²) in [6, 6.07) is 13.8. The quantitative estimate of drug-likeness (QED) is 0.573. The Morgan fingerprint density at radius 3 is 2.54 bits per heavy atom. The predicted octanol–water partition coefficient (Wildman–Crippen LogP) is 4.78. The highest BCUT2D eigenvalue weighted by Gasteiger charge is 2.15. The van der Waals surface area contributed by atoms with Gasteiger partial charge in [-0.3, -0.25) is 0 Å². The van der Waals surface area contributed by atoms with E-state index in [4.69, 9.17) is 0 Å². The third kappa shape index (κ3) is 2.37. The Kier molecular flexibility index (Phi) is 3.39. The largest absolute Gasteiger partial charge is 0.507 e. The van der Waals surface area contributed by atoms with E-state index in [1.807, 2.05) is 55.8 Å². The van der Waals surface area contributed by atoms with Gasteiger partial charge in [0.2, 0.25) is 5.13 Å². The average Bonchev–Trinajstić information content (AvgIpc) is 3.14. The van der Waals surface area contributed by atoms with Crippen molar-refractivity contribution < 1.29 is 5.11 Å². The summed E-state index contributed by atoms with van der Waals surface area (Å²) in [7, 11) is 0. The Morgan fingerprint density at radius 1 is 1.00 bits per heavy atom. The molecule has 0 amide bonds. The monoisotopic (exact) mass is 335 g/mol. The fourth-order valence-electron chi connectivity index (χ4n) is 2.76. The van der Waals surface area contributed by atoms with Crippen molar-refractivity contribution in [2.24, 2.45) is 0 Å². The first kappa shape index (κ1) is 14.9. The Hall–Kier alpha value is -2.66. The second-order valence-corrected chi connectivity index (χ2v) is 7.01. The van der Waals surface area contributed by atoms with Crippen molar-refractivity contribution in [2.45, 2.75) is 20.8 Å². The van der Waals surface area contributed by atoms with E-state index in [0.717, 1.165) is 43.4 Å². The number of aromatic nitrogens is 3. The molecule has 5 heteroatoms. The van der Waals surface area contributed by atoms with Crippen LogP contribution in [0.25, 0.3) is 26.6 Å². The maximum Gasteiger partial charge on any atom is 0.211 e. The fraction of sp³-hybridized carbons (Fsp3) is 0.158. The lowest BCUT2D eigenvalue weighted by atomic mass is 10.0. The van der Waals surface area contributed by atoms with Crippen molar-refractivity contribution in [3.63, 3.8) is 0 Å². The highest BCUT2D eigenvalue weighted by atomic mass is 32.1. The molecule has 2 heterocycles. The maximum absolute atomic E-state index is 10.3. The molecule has 24 heavy (non-hydrogen) atoms. The SMILES string of the molecule is Cc1cc(O)c(-c2cc(C)n(-c3nc4ccccc4s3)n2)cc1C. The molecule has 0 atom stereocenters. The zero-order chi connectivity index (χ0) is 16.8. The summed E-state index contributed by atoms with van der Waals surface area (Å²) in [6.45, 7) is 6.03. The number of thiazole rings is 1. The van der Waals surface area contributed by atoms with E-state index in [-0.39, 0.29) is 5.75 Å². The van der Waals surface area contributed by atoms with Crippen LogP contribution in [0.4, 0.5) is 0 Å². The molecule has 0 saturated carbocycles.